The Hall–Kier alpha value is -0.880. The van der Waals surface area contributed by atoms with Crippen LogP contribution in [0.2, 0.25) is 5.02 Å². The van der Waals surface area contributed by atoms with Crippen LogP contribution in [-0.4, -0.2) is 26.3 Å². The van der Waals surface area contributed by atoms with E-state index in [0.29, 0.717) is 11.6 Å². The molecular weight excluding hydrogens is 284 g/mol. The molecule has 1 rings (SSSR count). The maximum Gasteiger partial charge on any atom is 0.242 e. The van der Waals surface area contributed by atoms with Gasteiger partial charge in [0, 0.05) is 25.2 Å². The number of sulfonamides is 1. The number of nitrogens with zero attached hydrogens (tertiary/aromatic N) is 1. The maximum atomic E-state index is 12.3. The lowest BCUT2D eigenvalue weighted by atomic mass is 10.2. The zero-order chi connectivity index (χ0) is 14.5. The van der Waals surface area contributed by atoms with Crippen LogP contribution in [0.15, 0.2) is 35.7 Å². The van der Waals surface area contributed by atoms with E-state index in [4.69, 9.17) is 17.3 Å². The SMILES string of the molecule is C=CCCCN(C)S(=O)(=O)c1ccc(CN)c(Cl)c1. The standard InChI is InChI=1S/C13H19ClN2O2S/c1-3-4-5-8-16(2)19(17,18)12-7-6-11(10-15)13(14)9-12/h3,6-7,9H,1,4-5,8,10,15H2,2H3. The average molecular weight is 303 g/mol. The molecule has 0 aliphatic heterocycles. The average Bonchev–Trinajstić information content (AvgIpc) is 2.38. The normalized spacial score (nSPS) is 11.8. The molecule has 0 spiro atoms. The van der Waals surface area contributed by atoms with E-state index < -0.39 is 10.0 Å². The summed E-state index contributed by atoms with van der Waals surface area (Å²) in [6.07, 6.45) is 3.30. The molecule has 0 bridgehead atoms. The van der Waals surface area contributed by atoms with Crippen molar-refractivity contribution in [3.63, 3.8) is 0 Å². The van der Waals surface area contributed by atoms with Gasteiger partial charge in [-0.1, -0.05) is 23.7 Å². The predicted molar refractivity (Wildman–Crippen MR) is 78.6 cm³/mol. The third-order valence-corrected chi connectivity index (χ3v) is 5.04. The fraction of sp³-hybridized carbons (Fsp3) is 0.385. The Morgan fingerprint density at radius 1 is 1.47 bits per heavy atom. The quantitative estimate of drug-likeness (QED) is 0.621. The summed E-state index contributed by atoms with van der Waals surface area (Å²) >= 11 is 5.99. The summed E-state index contributed by atoms with van der Waals surface area (Å²) in [5.74, 6) is 0. The molecule has 0 aliphatic carbocycles. The minimum Gasteiger partial charge on any atom is -0.326 e. The van der Waals surface area contributed by atoms with Gasteiger partial charge in [0.25, 0.3) is 0 Å². The van der Waals surface area contributed by atoms with Crippen LogP contribution >= 0.6 is 11.6 Å². The molecule has 0 saturated heterocycles. The zero-order valence-corrected chi connectivity index (χ0v) is 12.5. The largest absolute Gasteiger partial charge is 0.326 e. The van der Waals surface area contributed by atoms with Crippen LogP contribution in [0.4, 0.5) is 0 Å². The molecule has 6 heteroatoms. The van der Waals surface area contributed by atoms with E-state index in [1.54, 1.807) is 19.2 Å². The number of hydrogen-bond acceptors (Lipinski definition) is 3. The molecule has 4 nitrogen and oxygen atoms in total. The van der Waals surface area contributed by atoms with E-state index in [-0.39, 0.29) is 11.4 Å². The number of nitrogens with two attached hydrogens (primary N) is 1. The van der Waals surface area contributed by atoms with E-state index in [1.165, 1.54) is 16.4 Å². The van der Waals surface area contributed by atoms with Crippen LogP contribution in [0.5, 0.6) is 0 Å². The fourth-order valence-electron chi connectivity index (χ4n) is 1.61. The van der Waals surface area contributed by atoms with Gasteiger partial charge in [-0.2, -0.15) is 0 Å². The lowest BCUT2D eigenvalue weighted by Crippen LogP contribution is -2.28. The zero-order valence-electron chi connectivity index (χ0n) is 11.0. The number of benzene rings is 1. The van der Waals surface area contributed by atoms with Crippen molar-refractivity contribution in [3.8, 4) is 0 Å². The van der Waals surface area contributed by atoms with Crippen molar-refractivity contribution >= 4 is 21.6 Å². The lowest BCUT2D eigenvalue weighted by molar-refractivity contribution is 0.463. The molecule has 0 aliphatic rings. The van der Waals surface area contributed by atoms with Crippen molar-refractivity contribution in [1.82, 2.24) is 4.31 Å². The van der Waals surface area contributed by atoms with E-state index in [9.17, 15) is 8.42 Å². The molecule has 2 N–H and O–H groups in total. The Balaban J connectivity index is 2.93. The molecule has 106 valence electrons. The second kappa shape index (κ2) is 7.05. The summed E-state index contributed by atoms with van der Waals surface area (Å²) in [7, 11) is -1.93. The molecule has 1 aromatic rings. The number of allylic oxidation sites excluding steroid dienone is 1. The Morgan fingerprint density at radius 3 is 2.68 bits per heavy atom. The van der Waals surface area contributed by atoms with Gasteiger partial charge < -0.3 is 5.73 Å². The summed E-state index contributed by atoms with van der Waals surface area (Å²) in [6.45, 7) is 4.35. The number of unbranched alkanes of at least 4 members (excludes halogenated alkanes) is 1. The van der Waals surface area contributed by atoms with E-state index in [1.807, 2.05) is 0 Å². The molecule has 1 aromatic carbocycles. The van der Waals surface area contributed by atoms with Crippen LogP contribution in [0.3, 0.4) is 0 Å². The van der Waals surface area contributed by atoms with Crippen LogP contribution < -0.4 is 5.73 Å². The third kappa shape index (κ3) is 4.04. The molecule has 0 heterocycles. The van der Waals surface area contributed by atoms with Gasteiger partial charge in [0.15, 0.2) is 0 Å². The highest BCUT2D eigenvalue weighted by atomic mass is 35.5. The monoisotopic (exact) mass is 302 g/mol. The fourth-order valence-corrected chi connectivity index (χ4v) is 3.17. The van der Waals surface area contributed by atoms with Gasteiger partial charge >= 0.3 is 0 Å². The first-order valence-corrected chi connectivity index (χ1v) is 7.81. The predicted octanol–water partition coefficient (Wildman–Crippen LogP) is 2.39. The van der Waals surface area contributed by atoms with Crippen molar-refractivity contribution in [2.45, 2.75) is 24.3 Å². The highest BCUT2D eigenvalue weighted by molar-refractivity contribution is 7.89. The number of hydrogen-bond donors (Lipinski definition) is 1. The minimum atomic E-state index is -3.49. The smallest absolute Gasteiger partial charge is 0.242 e. The first-order valence-electron chi connectivity index (χ1n) is 5.99. The van der Waals surface area contributed by atoms with Gasteiger partial charge in [0.2, 0.25) is 10.0 Å². The number of halogens is 1. The molecule has 0 atom stereocenters. The maximum absolute atomic E-state index is 12.3. The van der Waals surface area contributed by atoms with Crippen LogP contribution in [0.25, 0.3) is 0 Å². The van der Waals surface area contributed by atoms with Crippen molar-refractivity contribution in [2.24, 2.45) is 5.73 Å². The topological polar surface area (TPSA) is 63.4 Å². The molecule has 0 saturated carbocycles. The van der Waals surface area contributed by atoms with E-state index in [2.05, 4.69) is 6.58 Å². The summed E-state index contributed by atoms with van der Waals surface area (Å²) in [5, 5.41) is 0.378. The molecule has 19 heavy (non-hydrogen) atoms. The van der Waals surface area contributed by atoms with Crippen molar-refractivity contribution in [3.05, 3.63) is 41.4 Å². The molecular formula is C13H19ClN2O2S. The van der Waals surface area contributed by atoms with Crippen LogP contribution in [0.1, 0.15) is 18.4 Å². The van der Waals surface area contributed by atoms with Gasteiger partial charge in [-0.3, -0.25) is 0 Å². The van der Waals surface area contributed by atoms with E-state index in [0.717, 1.165) is 18.4 Å². The van der Waals surface area contributed by atoms with Crippen molar-refractivity contribution < 1.29 is 8.42 Å². The van der Waals surface area contributed by atoms with Crippen LogP contribution in [0, 0.1) is 0 Å². The second-order valence-electron chi connectivity index (χ2n) is 4.21. The summed E-state index contributed by atoms with van der Waals surface area (Å²) < 4.78 is 25.9. The van der Waals surface area contributed by atoms with Crippen LogP contribution in [-0.2, 0) is 16.6 Å². The van der Waals surface area contributed by atoms with Crippen molar-refractivity contribution in [2.75, 3.05) is 13.6 Å². The highest BCUT2D eigenvalue weighted by Gasteiger charge is 2.20. The number of rotatable bonds is 7. The Bertz CT molecular complexity index is 544. The summed E-state index contributed by atoms with van der Waals surface area (Å²) in [6, 6.07) is 4.63. The van der Waals surface area contributed by atoms with Gasteiger partial charge in [-0.25, -0.2) is 12.7 Å². The molecule has 0 amide bonds. The van der Waals surface area contributed by atoms with Gasteiger partial charge in [-0.05, 0) is 30.5 Å². The lowest BCUT2D eigenvalue weighted by Gasteiger charge is -2.17. The Labute approximate surface area is 119 Å². The molecule has 0 radical (unpaired) electrons. The Morgan fingerprint density at radius 2 is 2.16 bits per heavy atom. The van der Waals surface area contributed by atoms with Gasteiger partial charge in [0.1, 0.15) is 0 Å². The summed E-state index contributed by atoms with van der Waals surface area (Å²) in [5.41, 5.74) is 6.23. The molecule has 0 unspecified atom stereocenters. The van der Waals surface area contributed by atoms with Crippen molar-refractivity contribution in [1.29, 1.82) is 0 Å². The molecule has 0 aromatic heterocycles. The van der Waals surface area contributed by atoms with Gasteiger partial charge in [-0.15, -0.1) is 6.58 Å². The second-order valence-corrected chi connectivity index (χ2v) is 6.67. The van der Waals surface area contributed by atoms with E-state index >= 15 is 0 Å². The third-order valence-electron chi connectivity index (χ3n) is 2.83. The summed E-state index contributed by atoms with van der Waals surface area (Å²) in [4.78, 5) is 0.191. The minimum absolute atomic E-state index is 0.191. The first-order chi connectivity index (χ1) is 8.93. The Kier molecular flexibility index (Phi) is 6.00. The first kappa shape index (κ1) is 16.2. The van der Waals surface area contributed by atoms with Gasteiger partial charge in [0.05, 0.1) is 4.90 Å². The molecule has 0 fully saturated rings. The highest BCUT2D eigenvalue weighted by Crippen LogP contribution is 2.22.